The summed E-state index contributed by atoms with van der Waals surface area (Å²) in [6.07, 6.45) is 4.82. The molecular weight excluding hydrogens is 172 g/mol. The predicted molar refractivity (Wildman–Crippen MR) is 53.7 cm³/mol. The summed E-state index contributed by atoms with van der Waals surface area (Å²) in [4.78, 5) is 10.6. The number of aliphatic carboxylic acids is 1. The molecule has 1 N–H and O–H groups in total. The molecule has 0 fully saturated rings. The van der Waals surface area contributed by atoms with Gasteiger partial charge in [-0.25, -0.2) is 0 Å². The van der Waals surface area contributed by atoms with Gasteiger partial charge >= 0.3 is 5.97 Å². The zero-order valence-corrected chi connectivity index (χ0v) is 8.52. The third kappa shape index (κ3) is 5.47. The van der Waals surface area contributed by atoms with Crippen molar-refractivity contribution in [3.05, 3.63) is 0 Å². The van der Waals surface area contributed by atoms with E-state index in [4.69, 9.17) is 5.11 Å². The number of hydrogen-bond acceptors (Lipinski definition) is 2. The molecule has 0 amide bonds. The van der Waals surface area contributed by atoms with Crippen molar-refractivity contribution in [3.8, 4) is 0 Å². The molecule has 12 heavy (non-hydrogen) atoms. The fourth-order valence-electron chi connectivity index (χ4n) is 1.19. The average molecular weight is 190 g/mol. The predicted octanol–water partition coefficient (Wildman–Crippen LogP) is 2.59. The molecule has 3 heteroatoms. The van der Waals surface area contributed by atoms with E-state index in [0.29, 0.717) is 12.2 Å². The zero-order chi connectivity index (χ0) is 9.40. The number of rotatable bonds is 7. The molecule has 0 saturated heterocycles. The van der Waals surface area contributed by atoms with Crippen LogP contribution in [0.1, 0.15) is 39.0 Å². The summed E-state index contributed by atoms with van der Waals surface area (Å²) < 4.78 is 0. The van der Waals surface area contributed by atoms with E-state index >= 15 is 0 Å². The summed E-state index contributed by atoms with van der Waals surface area (Å²) in [6, 6.07) is 0. The standard InChI is InChI=1S/C9H18O2S/c1-2-3-4-5-8(6-7-12)9(10)11/h8,12H,2-7H2,1H3,(H,10,11). The fraction of sp³-hybridized carbons (Fsp3) is 0.889. The lowest BCUT2D eigenvalue weighted by atomic mass is 9.99. The van der Waals surface area contributed by atoms with Gasteiger partial charge in [0.25, 0.3) is 0 Å². The first-order valence-corrected chi connectivity index (χ1v) is 5.19. The molecular formula is C9H18O2S. The maximum absolute atomic E-state index is 10.6. The van der Waals surface area contributed by atoms with Crippen LogP contribution < -0.4 is 0 Å². The second-order valence-corrected chi connectivity index (χ2v) is 3.49. The summed E-state index contributed by atoms with van der Waals surface area (Å²) in [5.74, 6) is -0.169. The zero-order valence-electron chi connectivity index (χ0n) is 7.62. The normalized spacial score (nSPS) is 12.8. The van der Waals surface area contributed by atoms with Crippen molar-refractivity contribution in [2.24, 2.45) is 5.92 Å². The van der Waals surface area contributed by atoms with Gasteiger partial charge in [-0.3, -0.25) is 4.79 Å². The highest BCUT2D eigenvalue weighted by Crippen LogP contribution is 2.14. The molecule has 0 spiro atoms. The molecule has 0 heterocycles. The van der Waals surface area contributed by atoms with E-state index in [1.165, 1.54) is 0 Å². The highest BCUT2D eigenvalue weighted by atomic mass is 32.1. The van der Waals surface area contributed by atoms with Gasteiger partial charge in [0.1, 0.15) is 0 Å². The SMILES string of the molecule is CCCCCC(CCS)C(=O)O. The van der Waals surface area contributed by atoms with Gasteiger partial charge in [0.15, 0.2) is 0 Å². The lowest BCUT2D eigenvalue weighted by Gasteiger charge is -2.09. The molecule has 1 unspecified atom stereocenters. The minimum absolute atomic E-state index is 0.172. The summed E-state index contributed by atoms with van der Waals surface area (Å²) in [5.41, 5.74) is 0. The van der Waals surface area contributed by atoms with Crippen LogP contribution in [0.5, 0.6) is 0 Å². The molecule has 0 aliphatic carbocycles. The molecule has 1 atom stereocenters. The minimum Gasteiger partial charge on any atom is -0.481 e. The first-order valence-electron chi connectivity index (χ1n) is 4.56. The Morgan fingerprint density at radius 2 is 2.08 bits per heavy atom. The monoisotopic (exact) mass is 190 g/mol. The molecule has 2 nitrogen and oxygen atoms in total. The lowest BCUT2D eigenvalue weighted by molar-refractivity contribution is -0.142. The van der Waals surface area contributed by atoms with Crippen LogP contribution in [0.15, 0.2) is 0 Å². The largest absolute Gasteiger partial charge is 0.481 e. The van der Waals surface area contributed by atoms with Crippen molar-refractivity contribution < 1.29 is 9.90 Å². The van der Waals surface area contributed by atoms with Crippen LogP contribution >= 0.6 is 12.6 Å². The van der Waals surface area contributed by atoms with Crippen LogP contribution in [0.25, 0.3) is 0 Å². The van der Waals surface area contributed by atoms with Crippen molar-refractivity contribution in [2.45, 2.75) is 39.0 Å². The van der Waals surface area contributed by atoms with E-state index in [2.05, 4.69) is 19.6 Å². The van der Waals surface area contributed by atoms with Gasteiger partial charge in [-0.15, -0.1) is 0 Å². The maximum atomic E-state index is 10.6. The van der Waals surface area contributed by atoms with Crippen molar-refractivity contribution in [1.29, 1.82) is 0 Å². The van der Waals surface area contributed by atoms with Gasteiger partial charge in [0.05, 0.1) is 5.92 Å². The Hall–Kier alpha value is -0.180. The Kier molecular flexibility index (Phi) is 7.36. The van der Waals surface area contributed by atoms with Gasteiger partial charge in [0, 0.05) is 0 Å². The Labute approximate surface area is 79.8 Å². The Morgan fingerprint density at radius 1 is 1.42 bits per heavy atom. The molecule has 0 aliphatic heterocycles. The first kappa shape index (κ1) is 11.8. The van der Waals surface area contributed by atoms with Gasteiger partial charge in [-0.2, -0.15) is 12.6 Å². The van der Waals surface area contributed by atoms with Crippen LogP contribution in [0.4, 0.5) is 0 Å². The molecule has 0 saturated carbocycles. The Bertz CT molecular complexity index is 126. The summed E-state index contributed by atoms with van der Waals surface area (Å²) in [5, 5.41) is 8.77. The number of carbonyl (C=O) groups is 1. The van der Waals surface area contributed by atoms with Gasteiger partial charge < -0.3 is 5.11 Å². The van der Waals surface area contributed by atoms with Crippen LogP contribution in [-0.2, 0) is 4.79 Å². The quantitative estimate of drug-likeness (QED) is 0.478. The van der Waals surface area contributed by atoms with E-state index in [1.54, 1.807) is 0 Å². The fourth-order valence-corrected chi connectivity index (χ4v) is 1.50. The van der Waals surface area contributed by atoms with Crippen LogP contribution in [0.3, 0.4) is 0 Å². The van der Waals surface area contributed by atoms with Crippen molar-refractivity contribution in [1.82, 2.24) is 0 Å². The topological polar surface area (TPSA) is 37.3 Å². The maximum Gasteiger partial charge on any atom is 0.306 e. The van der Waals surface area contributed by atoms with E-state index in [-0.39, 0.29) is 5.92 Å². The van der Waals surface area contributed by atoms with Crippen molar-refractivity contribution >= 4 is 18.6 Å². The van der Waals surface area contributed by atoms with Gasteiger partial charge in [-0.1, -0.05) is 26.2 Å². The van der Waals surface area contributed by atoms with Gasteiger partial charge in [-0.05, 0) is 18.6 Å². The van der Waals surface area contributed by atoms with E-state index in [0.717, 1.165) is 25.7 Å². The summed E-state index contributed by atoms with van der Waals surface area (Å²) in [7, 11) is 0. The third-order valence-electron chi connectivity index (χ3n) is 1.98. The molecule has 0 aliphatic rings. The van der Waals surface area contributed by atoms with E-state index < -0.39 is 5.97 Å². The summed E-state index contributed by atoms with van der Waals surface area (Å²) >= 11 is 4.04. The summed E-state index contributed by atoms with van der Waals surface area (Å²) in [6.45, 7) is 2.12. The highest BCUT2D eigenvalue weighted by Gasteiger charge is 2.14. The molecule has 0 rings (SSSR count). The van der Waals surface area contributed by atoms with E-state index in [9.17, 15) is 4.79 Å². The minimum atomic E-state index is -0.667. The van der Waals surface area contributed by atoms with Crippen molar-refractivity contribution in [3.63, 3.8) is 0 Å². The smallest absolute Gasteiger partial charge is 0.306 e. The van der Waals surface area contributed by atoms with Crippen molar-refractivity contribution in [2.75, 3.05) is 5.75 Å². The molecule has 0 bridgehead atoms. The van der Waals surface area contributed by atoms with Crippen LogP contribution in [0, 0.1) is 5.92 Å². The number of hydrogen-bond donors (Lipinski definition) is 2. The number of carboxylic acid groups (broad SMARTS) is 1. The van der Waals surface area contributed by atoms with Gasteiger partial charge in [0.2, 0.25) is 0 Å². The molecule has 0 aromatic rings. The number of unbranched alkanes of at least 4 members (excludes halogenated alkanes) is 2. The van der Waals surface area contributed by atoms with Crippen LogP contribution in [-0.4, -0.2) is 16.8 Å². The average Bonchev–Trinajstić information content (AvgIpc) is 2.03. The number of carboxylic acids is 1. The Morgan fingerprint density at radius 3 is 2.50 bits per heavy atom. The van der Waals surface area contributed by atoms with E-state index in [1.807, 2.05) is 0 Å². The second kappa shape index (κ2) is 7.47. The molecule has 0 aromatic carbocycles. The Balaban J connectivity index is 3.56. The first-order chi connectivity index (χ1) is 5.72. The van der Waals surface area contributed by atoms with Crippen LogP contribution in [0.2, 0.25) is 0 Å². The lowest BCUT2D eigenvalue weighted by Crippen LogP contribution is -2.14. The number of thiol groups is 1. The molecule has 72 valence electrons. The molecule has 0 radical (unpaired) electrons. The second-order valence-electron chi connectivity index (χ2n) is 3.04. The highest BCUT2D eigenvalue weighted by molar-refractivity contribution is 7.80. The third-order valence-corrected chi connectivity index (χ3v) is 2.24. The molecule has 0 aromatic heterocycles.